The summed E-state index contributed by atoms with van der Waals surface area (Å²) in [5, 5.41) is 22.1. The van der Waals surface area contributed by atoms with E-state index in [-0.39, 0.29) is 10.9 Å². The first-order valence-corrected chi connectivity index (χ1v) is 8.04. The Morgan fingerprint density at radius 1 is 1.26 bits per heavy atom. The van der Waals surface area contributed by atoms with E-state index in [1.54, 1.807) is 6.07 Å². The van der Waals surface area contributed by atoms with Crippen molar-refractivity contribution >= 4 is 15.7 Å². The minimum Gasteiger partial charge on any atom is -0.390 e. The van der Waals surface area contributed by atoms with Gasteiger partial charge in [-0.25, -0.2) is 13.4 Å². The molecule has 1 unspecified atom stereocenters. The SMILES string of the molecule is CS(=O)(=O)c1ccc(NC2CC[C@@H](O)[C@@H](O)C2)nc1. The van der Waals surface area contributed by atoms with E-state index in [9.17, 15) is 18.6 Å². The van der Waals surface area contributed by atoms with Crippen LogP contribution in [0.1, 0.15) is 19.3 Å². The van der Waals surface area contributed by atoms with Crippen LogP contribution >= 0.6 is 0 Å². The smallest absolute Gasteiger partial charge is 0.177 e. The largest absolute Gasteiger partial charge is 0.390 e. The lowest BCUT2D eigenvalue weighted by Gasteiger charge is -2.30. The third-order valence-corrected chi connectivity index (χ3v) is 4.40. The molecule has 3 N–H and O–H groups in total. The van der Waals surface area contributed by atoms with Crippen LogP contribution in [0, 0.1) is 0 Å². The zero-order chi connectivity index (χ0) is 14.0. The molecule has 0 spiro atoms. The molecule has 1 aromatic heterocycles. The van der Waals surface area contributed by atoms with Gasteiger partial charge < -0.3 is 15.5 Å². The number of hydrogen-bond acceptors (Lipinski definition) is 6. The molecule has 1 aromatic rings. The molecule has 106 valence electrons. The van der Waals surface area contributed by atoms with E-state index in [0.29, 0.717) is 18.7 Å². The Bertz CT molecular complexity index is 529. The first-order chi connectivity index (χ1) is 8.86. The molecule has 1 fully saturated rings. The Labute approximate surface area is 112 Å². The summed E-state index contributed by atoms with van der Waals surface area (Å²) < 4.78 is 22.6. The van der Waals surface area contributed by atoms with Crippen molar-refractivity contribution in [3.05, 3.63) is 18.3 Å². The van der Waals surface area contributed by atoms with E-state index in [4.69, 9.17) is 0 Å². The van der Waals surface area contributed by atoms with E-state index in [1.807, 2.05) is 0 Å². The second-order valence-corrected chi connectivity index (χ2v) is 6.96. The number of rotatable bonds is 3. The summed E-state index contributed by atoms with van der Waals surface area (Å²) in [4.78, 5) is 4.23. The fraction of sp³-hybridized carbons (Fsp3) is 0.583. The van der Waals surface area contributed by atoms with Gasteiger partial charge in [-0.15, -0.1) is 0 Å². The van der Waals surface area contributed by atoms with Crippen molar-refractivity contribution in [2.24, 2.45) is 0 Å². The fourth-order valence-corrected chi connectivity index (χ4v) is 2.72. The summed E-state index contributed by atoms with van der Waals surface area (Å²) in [6.45, 7) is 0. The molecular formula is C12H18N2O4S. The lowest BCUT2D eigenvalue weighted by molar-refractivity contribution is -0.0120. The maximum atomic E-state index is 11.3. The van der Waals surface area contributed by atoms with Crippen molar-refractivity contribution in [3.63, 3.8) is 0 Å². The number of anilines is 1. The highest BCUT2D eigenvalue weighted by Gasteiger charge is 2.27. The fourth-order valence-electron chi connectivity index (χ4n) is 2.16. The average molecular weight is 286 g/mol. The van der Waals surface area contributed by atoms with Crippen LogP contribution in [0.5, 0.6) is 0 Å². The second kappa shape index (κ2) is 5.44. The first-order valence-electron chi connectivity index (χ1n) is 6.15. The molecule has 1 aliphatic rings. The number of pyridine rings is 1. The summed E-state index contributed by atoms with van der Waals surface area (Å²) in [5.41, 5.74) is 0. The molecule has 0 bridgehead atoms. The van der Waals surface area contributed by atoms with Crippen molar-refractivity contribution in [1.82, 2.24) is 4.98 Å². The minimum atomic E-state index is -3.23. The Balaban J connectivity index is 2.00. The molecule has 0 saturated heterocycles. The summed E-state index contributed by atoms with van der Waals surface area (Å²) >= 11 is 0. The third-order valence-electron chi connectivity index (χ3n) is 3.30. The molecule has 2 rings (SSSR count). The van der Waals surface area contributed by atoms with Crippen LogP contribution in [0.15, 0.2) is 23.2 Å². The van der Waals surface area contributed by atoms with Gasteiger partial charge in [0.05, 0.1) is 17.1 Å². The van der Waals surface area contributed by atoms with Gasteiger partial charge in [0.15, 0.2) is 9.84 Å². The number of aliphatic hydroxyl groups is 2. The predicted octanol–water partition coefficient (Wildman–Crippen LogP) is 0.171. The van der Waals surface area contributed by atoms with E-state index >= 15 is 0 Å². The van der Waals surface area contributed by atoms with Crippen LogP contribution in [-0.2, 0) is 9.84 Å². The van der Waals surface area contributed by atoms with E-state index in [0.717, 1.165) is 12.7 Å². The summed E-state index contributed by atoms with van der Waals surface area (Å²) in [6, 6.07) is 3.14. The highest BCUT2D eigenvalue weighted by atomic mass is 32.2. The van der Waals surface area contributed by atoms with Gasteiger partial charge in [0.2, 0.25) is 0 Å². The van der Waals surface area contributed by atoms with Gasteiger partial charge in [0, 0.05) is 18.5 Å². The van der Waals surface area contributed by atoms with Gasteiger partial charge in [-0.2, -0.15) is 0 Å². The van der Waals surface area contributed by atoms with Gasteiger partial charge in [-0.1, -0.05) is 0 Å². The van der Waals surface area contributed by atoms with Crippen LogP contribution in [0.2, 0.25) is 0 Å². The Morgan fingerprint density at radius 3 is 2.53 bits per heavy atom. The van der Waals surface area contributed by atoms with Crippen molar-refractivity contribution < 1.29 is 18.6 Å². The number of nitrogens with zero attached hydrogens (tertiary/aromatic N) is 1. The second-order valence-electron chi connectivity index (χ2n) is 4.94. The summed E-state index contributed by atoms with van der Waals surface area (Å²) in [7, 11) is -3.23. The Morgan fingerprint density at radius 2 is 2.00 bits per heavy atom. The molecular weight excluding hydrogens is 268 g/mol. The zero-order valence-corrected chi connectivity index (χ0v) is 11.5. The van der Waals surface area contributed by atoms with Crippen LogP contribution in [0.3, 0.4) is 0 Å². The van der Waals surface area contributed by atoms with Crippen molar-refractivity contribution in [2.45, 2.75) is 42.4 Å². The number of aliphatic hydroxyl groups excluding tert-OH is 2. The lowest BCUT2D eigenvalue weighted by Crippen LogP contribution is -2.39. The molecule has 0 aliphatic heterocycles. The first kappa shape index (κ1) is 14.2. The van der Waals surface area contributed by atoms with Crippen molar-refractivity contribution in [2.75, 3.05) is 11.6 Å². The Kier molecular flexibility index (Phi) is 4.07. The summed E-state index contributed by atoms with van der Waals surface area (Å²) in [6.07, 6.45) is 2.81. The van der Waals surface area contributed by atoms with E-state index < -0.39 is 22.0 Å². The predicted molar refractivity (Wildman–Crippen MR) is 70.6 cm³/mol. The van der Waals surface area contributed by atoms with Crippen molar-refractivity contribution in [1.29, 1.82) is 0 Å². The number of hydrogen-bond donors (Lipinski definition) is 3. The van der Waals surface area contributed by atoms with Crippen LogP contribution in [0.25, 0.3) is 0 Å². The highest BCUT2D eigenvalue weighted by molar-refractivity contribution is 7.90. The summed E-state index contributed by atoms with van der Waals surface area (Å²) in [5.74, 6) is 0.570. The van der Waals surface area contributed by atoms with Crippen LogP contribution in [-0.4, -0.2) is 48.1 Å². The minimum absolute atomic E-state index is 0.0370. The quantitative estimate of drug-likeness (QED) is 0.732. The molecule has 0 aromatic carbocycles. The average Bonchev–Trinajstić information content (AvgIpc) is 2.33. The molecule has 0 radical (unpaired) electrons. The van der Waals surface area contributed by atoms with Gasteiger partial charge in [0.25, 0.3) is 0 Å². The molecule has 1 saturated carbocycles. The van der Waals surface area contributed by atoms with Gasteiger partial charge >= 0.3 is 0 Å². The zero-order valence-electron chi connectivity index (χ0n) is 10.7. The molecule has 3 atom stereocenters. The topological polar surface area (TPSA) is 99.5 Å². The Hall–Kier alpha value is -1.18. The molecule has 6 nitrogen and oxygen atoms in total. The maximum absolute atomic E-state index is 11.3. The molecule has 0 amide bonds. The van der Waals surface area contributed by atoms with E-state index in [1.165, 1.54) is 12.3 Å². The number of sulfone groups is 1. The molecule has 1 aliphatic carbocycles. The van der Waals surface area contributed by atoms with Gasteiger partial charge in [-0.3, -0.25) is 0 Å². The molecule has 7 heteroatoms. The van der Waals surface area contributed by atoms with Crippen LogP contribution in [0.4, 0.5) is 5.82 Å². The number of aromatic nitrogens is 1. The molecule has 1 heterocycles. The highest BCUT2D eigenvalue weighted by Crippen LogP contribution is 2.22. The monoisotopic (exact) mass is 286 g/mol. The standard InChI is InChI=1S/C12H18N2O4S/c1-19(17,18)9-3-5-12(13-7-9)14-8-2-4-10(15)11(16)6-8/h3,5,7-8,10-11,15-16H,2,4,6H2,1H3,(H,13,14)/t8?,10-,11+/m1/s1. The maximum Gasteiger partial charge on any atom is 0.177 e. The van der Waals surface area contributed by atoms with Gasteiger partial charge in [0.1, 0.15) is 5.82 Å². The number of nitrogens with one attached hydrogen (secondary N) is 1. The third kappa shape index (κ3) is 3.65. The van der Waals surface area contributed by atoms with Gasteiger partial charge in [-0.05, 0) is 31.4 Å². The van der Waals surface area contributed by atoms with Crippen molar-refractivity contribution in [3.8, 4) is 0 Å². The lowest BCUT2D eigenvalue weighted by atomic mass is 9.90. The molecule has 19 heavy (non-hydrogen) atoms. The van der Waals surface area contributed by atoms with Crippen LogP contribution < -0.4 is 5.32 Å². The van der Waals surface area contributed by atoms with E-state index in [2.05, 4.69) is 10.3 Å². The normalized spacial score (nSPS) is 28.1.